The van der Waals surface area contributed by atoms with Crippen LogP contribution in [0.25, 0.3) is 0 Å². The lowest BCUT2D eigenvalue weighted by molar-refractivity contribution is 0.267. The van der Waals surface area contributed by atoms with Crippen LogP contribution in [0.1, 0.15) is 0 Å². The molecule has 0 saturated carbocycles. The van der Waals surface area contributed by atoms with E-state index in [1.54, 1.807) is 0 Å². The van der Waals surface area contributed by atoms with Crippen molar-refractivity contribution in [3.63, 3.8) is 0 Å². The van der Waals surface area contributed by atoms with Crippen molar-refractivity contribution in [3.05, 3.63) is 70.5 Å². The lowest BCUT2D eigenvalue weighted by Crippen LogP contribution is -2.28. The Morgan fingerprint density at radius 3 is 1.31 bits per heavy atom. The molecule has 26 heavy (non-hydrogen) atoms. The van der Waals surface area contributed by atoms with Crippen molar-refractivity contribution >= 4 is 79.8 Å². The number of para-hydroxylation sites is 2. The van der Waals surface area contributed by atoms with Crippen LogP contribution in [0.4, 0.5) is 21.0 Å². The van der Waals surface area contributed by atoms with Gasteiger partial charge in [-0.25, -0.2) is 0 Å². The van der Waals surface area contributed by atoms with Crippen LogP contribution in [0.2, 0.25) is 0 Å². The van der Waals surface area contributed by atoms with Gasteiger partial charge in [0.1, 0.15) is 9.98 Å². The first-order valence-electron chi connectivity index (χ1n) is 7.55. The monoisotopic (exact) mass is 414 g/mol. The van der Waals surface area contributed by atoms with Crippen LogP contribution < -0.4 is 9.80 Å². The van der Waals surface area contributed by atoms with Gasteiger partial charge >= 0.3 is 0 Å². The Kier molecular flexibility index (Phi) is 4.66. The van der Waals surface area contributed by atoms with Gasteiger partial charge in [-0.15, -0.1) is 0 Å². The van der Waals surface area contributed by atoms with Gasteiger partial charge in [0.15, 0.2) is 0 Å². The fraction of sp³-hybridized carbons (Fsp3) is 0. The standard InChI is InChI=1S/C18H10N2O2S4/c21-17-19(11-7-3-1-4-8-11)15(23)13(25-17)14-16(24)20(18(22)26-14)12-9-5-2-6-10-12/h1-10H/b14-13+. The van der Waals surface area contributed by atoms with Gasteiger partial charge in [0.2, 0.25) is 0 Å². The number of anilines is 2. The summed E-state index contributed by atoms with van der Waals surface area (Å²) >= 11 is 13.1. The van der Waals surface area contributed by atoms with Crippen LogP contribution in [0.15, 0.2) is 70.5 Å². The minimum Gasteiger partial charge on any atom is -0.261 e. The summed E-state index contributed by atoms with van der Waals surface area (Å²) in [5, 5.41) is -0.393. The minimum atomic E-state index is -0.197. The molecule has 2 aliphatic heterocycles. The normalized spacial score (nSPS) is 20.5. The maximum absolute atomic E-state index is 12.5. The van der Waals surface area contributed by atoms with Gasteiger partial charge in [0, 0.05) is 0 Å². The van der Waals surface area contributed by atoms with E-state index in [4.69, 9.17) is 24.4 Å². The summed E-state index contributed by atoms with van der Waals surface area (Å²) in [4.78, 5) is 29.8. The Balaban J connectivity index is 1.72. The molecule has 0 N–H and O–H groups in total. The number of thioether (sulfide) groups is 2. The fourth-order valence-electron chi connectivity index (χ4n) is 2.61. The van der Waals surface area contributed by atoms with E-state index in [9.17, 15) is 9.59 Å². The number of nitrogens with zero attached hydrogens (tertiary/aromatic N) is 2. The van der Waals surface area contributed by atoms with Gasteiger partial charge in [0.25, 0.3) is 10.5 Å². The van der Waals surface area contributed by atoms with Gasteiger partial charge < -0.3 is 0 Å². The summed E-state index contributed by atoms with van der Waals surface area (Å²) in [5.74, 6) is 0. The van der Waals surface area contributed by atoms with Crippen LogP contribution >= 0.6 is 48.0 Å². The Hall–Kier alpha value is -2.00. The molecule has 8 heteroatoms. The molecule has 128 valence electrons. The molecule has 2 amide bonds. The van der Waals surface area contributed by atoms with Crippen molar-refractivity contribution in [2.45, 2.75) is 0 Å². The summed E-state index contributed by atoms with van der Waals surface area (Å²) in [5.41, 5.74) is 1.40. The van der Waals surface area contributed by atoms with Crippen LogP contribution in [-0.4, -0.2) is 20.5 Å². The van der Waals surface area contributed by atoms with E-state index in [1.807, 2.05) is 60.7 Å². The van der Waals surface area contributed by atoms with Crippen molar-refractivity contribution in [1.82, 2.24) is 0 Å². The summed E-state index contributed by atoms with van der Waals surface area (Å²) in [7, 11) is 0. The van der Waals surface area contributed by atoms with E-state index in [0.29, 0.717) is 31.2 Å². The van der Waals surface area contributed by atoms with Crippen LogP contribution in [-0.2, 0) is 0 Å². The minimum absolute atomic E-state index is 0.197. The summed E-state index contributed by atoms with van der Waals surface area (Å²) in [6.45, 7) is 0. The van der Waals surface area contributed by atoms with Crippen molar-refractivity contribution in [1.29, 1.82) is 0 Å². The van der Waals surface area contributed by atoms with E-state index in [2.05, 4.69) is 0 Å². The van der Waals surface area contributed by atoms with E-state index >= 15 is 0 Å². The van der Waals surface area contributed by atoms with Crippen LogP contribution in [0.5, 0.6) is 0 Å². The van der Waals surface area contributed by atoms with E-state index in [1.165, 1.54) is 9.80 Å². The molecule has 2 heterocycles. The van der Waals surface area contributed by atoms with Gasteiger partial charge in [-0.05, 0) is 47.8 Å². The molecule has 0 bridgehead atoms. The predicted octanol–water partition coefficient (Wildman–Crippen LogP) is 5.60. The smallest absolute Gasteiger partial charge is 0.261 e. The molecular formula is C18H10N2O2S4. The number of carbonyl (C=O) groups excluding carboxylic acids is 2. The van der Waals surface area contributed by atoms with Gasteiger partial charge in [0.05, 0.1) is 21.2 Å². The second kappa shape index (κ2) is 6.96. The molecule has 2 saturated heterocycles. The highest BCUT2D eigenvalue weighted by Crippen LogP contribution is 2.45. The summed E-state index contributed by atoms with van der Waals surface area (Å²) in [6.07, 6.45) is 0. The number of rotatable bonds is 2. The van der Waals surface area contributed by atoms with Gasteiger partial charge in [-0.1, -0.05) is 60.8 Å². The molecule has 0 spiro atoms. The highest BCUT2D eigenvalue weighted by atomic mass is 32.2. The third kappa shape index (κ3) is 2.88. The second-order valence-electron chi connectivity index (χ2n) is 5.35. The largest absolute Gasteiger partial charge is 0.296 e. The number of amides is 2. The lowest BCUT2D eigenvalue weighted by atomic mass is 10.3. The molecule has 4 rings (SSSR count). The molecule has 0 aromatic heterocycles. The molecule has 0 radical (unpaired) electrons. The molecule has 4 nitrogen and oxygen atoms in total. The molecule has 2 aromatic carbocycles. The van der Waals surface area contributed by atoms with Gasteiger partial charge in [-0.2, -0.15) is 0 Å². The number of thiocarbonyl (C=S) groups is 2. The Bertz CT molecular complexity index is 894. The van der Waals surface area contributed by atoms with Crippen LogP contribution in [0.3, 0.4) is 0 Å². The number of carbonyl (C=O) groups is 2. The van der Waals surface area contributed by atoms with Crippen molar-refractivity contribution < 1.29 is 9.59 Å². The molecule has 0 atom stereocenters. The zero-order chi connectivity index (χ0) is 18.3. The number of benzene rings is 2. The summed E-state index contributed by atoms with van der Waals surface area (Å²) in [6, 6.07) is 18.4. The van der Waals surface area contributed by atoms with Gasteiger partial charge in [-0.3, -0.25) is 19.4 Å². The SMILES string of the molecule is O=C1S/C(=C2/SC(=O)N(c3ccccc3)C2=S)C(=S)N1c1ccccc1. The van der Waals surface area contributed by atoms with Crippen molar-refractivity contribution in [2.24, 2.45) is 0 Å². The van der Waals surface area contributed by atoms with Crippen LogP contribution in [0, 0.1) is 0 Å². The predicted molar refractivity (Wildman–Crippen MR) is 116 cm³/mol. The number of hydrogen-bond donors (Lipinski definition) is 0. The first-order chi connectivity index (χ1) is 12.6. The fourth-order valence-corrected chi connectivity index (χ4v) is 5.60. The molecular weight excluding hydrogens is 404 g/mol. The number of hydrogen-bond acceptors (Lipinski definition) is 6. The average Bonchev–Trinajstić information content (AvgIpc) is 3.11. The molecule has 0 aliphatic carbocycles. The van der Waals surface area contributed by atoms with E-state index in [-0.39, 0.29) is 10.5 Å². The molecule has 2 aliphatic rings. The van der Waals surface area contributed by atoms with Crippen molar-refractivity contribution in [3.8, 4) is 0 Å². The lowest BCUT2D eigenvalue weighted by Gasteiger charge is -2.15. The van der Waals surface area contributed by atoms with E-state index in [0.717, 1.165) is 23.5 Å². The molecule has 0 unspecified atom stereocenters. The van der Waals surface area contributed by atoms with Crippen molar-refractivity contribution in [2.75, 3.05) is 9.80 Å². The summed E-state index contributed by atoms with van der Waals surface area (Å²) < 4.78 is 0. The molecule has 2 fully saturated rings. The zero-order valence-electron chi connectivity index (χ0n) is 13.1. The first kappa shape index (κ1) is 17.4. The Labute approximate surface area is 169 Å². The topological polar surface area (TPSA) is 40.6 Å². The third-order valence-electron chi connectivity index (χ3n) is 3.77. The maximum Gasteiger partial charge on any atom is 0.296 e. The Morgan fingerprint density at radius 1 is 0.615 bits per heavy atom. The maximum atomic E-state index is 12.5. The average molecular weight is 415 g/mol. The highest BCUT2D eigenvalue weighted by Gasteiger charge is 2.41. The molecule has 2 aromatic rings. The first-order valence-corrected chi connectivity index (χ1v) is 10.00. The quantitative estimate of drug-likeness (QED) is 0.471. The third-order valence-corrected chi connectivity index (χ3v) is 6.85. The zero-order valence-corrected chi connectivity index (χ0v) is 16.4. The second-order valence-corrected chi connectivity index (χ2v) is 8.04. The Morgan fingerprint density at radius 2 is 0.962 bits per heavy atom. The van der Waals surface area contributed by atoms with E-state index < -0.39 is 0 Å². The highest BCUT2D eigenvalue weighted by molar-refractivity contribution is 8.23.